The Morgan fingerprint density at radius 1 is 1.11 bits per heavy atom. The van der Waals surface area contributed by atoms with Crippen LogP contribution in [0.3, 0.4) is 0 Å². The molecule has 1 saturated heterocycles. The fourth-order valence-electron chi connectivity index (χ4n) is 3.94. The number of hydrogen-bond donors (Lipinski definition) is 0. The SMILES string of the molecule is O=c1c2c3c(sc2ncn1/N=C\c1ccc(N2CCOCC2)cc1)CCCC3. The molecule has 0 atom stereocenters. The Bertz CT molecular complexity index is 1080. The van der Waals surface area contributed by atoms with Gasteiger partial charge in [0, 0.05) is 23.7 Å². The first-order valence-corrected chi connectivity index (χ1v) is 10.6. The van der Waals surface area contributed by atoms with E-state index < -0.39 is 0 Å². The Labute approximate surface area is 167 Å². The molecule has 1 fully saturated rings. The lowest BCUT2D eigenvalue weighted by Gasteiger charge is -2.28. The number of thiophene rings is 1. The molecule has 0 spiro atoms. The largest absolute Gasteiger partial charge is 0.378 e. The molecule has 2 aromatic heterocycles. The van der Waals surface area contributed by atoms with Crippen LogP contribution in [0.1, 0.15) is 28.8 Å². The molecular formula is C21H22N4O2S. The van der Waals surface area contributed by atoms with E-state index in [-0.39, 0.29) is 5.56 Å². The van der Waals surface area contributed by atoms with Gasteiger partial charge >= 0.3 is 0 Å². The second-order valence-electron chi connectivity index (χ2n) is 7.22. The van der Waals surface area contributed by atoms with E-state index in [1.165, 1.54) is 33.6 Å². The first-order valence-electron chi connectivity index (χ1n) is 9.78. The molecule has 1 aliphatic carbocycles. The maximum absolute atomic E-state index is 12.9. The van der Waals surface area contributed by atoms with Crippen LogP contribution in [0.5, 0.6) is 0 Å². The van der Waals surface area contributed by atoms with Gasteiger partial charge in [0.25, 0.3) is 5.56 Å². The average molecular weight is 395 g/mol. The van der Waals surface area contributed by atoms with E-state index in [1.807, 2.05) is 12.1 Å². The van der Waals surface area contributed by atoms with Gasteiger partial charge in [0.05, 0.1) is 24.8 Å². The molecular weight excluding hydrogens is 372 g/mol. The number of anilines is 1. The summed E-state index contributed by atoms with van der Waals surface area (Å²) in [5.41, 5.74) is 3.27. The van der Waals surface area contributed by atoms with Gasteiger partial charge in [-0.25, -0.2) is 4.98 Å². The summed E-state index contributed by atoms with van der Waals surface area (Å²) in [5, 5.41) is 5.15. The molecule has 3 aromatic rings. The molecule has 28 heavy (non-hydrogen) atoms. The first-order chi connectivity index (χ1) is 13.8. The average Bonchev–Trinajstić information content (AvgIpc) is 3.14. The van der Waals surface area contributed by atoms with Gasteiger partial charge in [-0.3, -0.25) is 4.79 Å². The van der Waals surface area contributed by atoms with Crippen molar-refractivity contribution < 1.29 is 4.74 Å². The van der Waals surface area contributed by atoms with Crippen LogP contribution in [-0.4, -0.2) is 42.2 Å². The lowest BCUT2D eigenvalue weighted by molar-refractivity contribution is 0.122. The fraction of sp³-hybridized carbons (Fsp3) is 0.381. The lowest BCUT2D eigenvalue weighted by Crippen LogP contribution is -2.36. The summed E-state index contributed by atoms with van der Waals surface area (Å²) < 4.78 is 6.76. The smallest absolute Gasteiger partial charge is 0.282 e. The van der Waals surface area contributed by atoms with Crippen LogP contribution in [0.25, 0.3) is 10.2 Å². The minimum atomic E-state index is -0.0643. The number of morpholine rings is 1. The molecule has 0 N–H and O–H groups in total. The molecule has 3 heterocycles. The van der Waals surface area contributed by atoms with Crippen LogP contribution in [0.15, 0.2) is 40.5 Å². The van der Waals surface area contributed by atoms with Gasteiger partial charge in [-0.15, -0.1) is 11.3 Å². The minimum Gasteiger partial charge on any atom is -0.378 e. The summed E-state index contributed by atoms with van der Waals surface area (Å²) in [7, 11) is 0. The zero-order valence-electron chi connectivity index (χ0n) is 15.6. The summed E-state index contributed by atoms with van der Waals surface area (Å²) in [5.74, 6) is 0. The van der Waals surface area contributed by atoms with Gasteiger partial charge in [0.2, 0.25) is 0 Å². The van der Waals surface area contributed by atoms with Crippen LogP contribution in [-0.2, 0) is 17.6 Å². The van der Waals surface area contributed by atoms with Crippen LogP contribution in [0, 0.1) is 0 Å². The normalized spacial score (nSPS) is 17.4. The van der Waals surface area contributed by atoms with Crippen LogP contribution in [0.2, 0.25) is 0 Å². The van der Waals surface area contributed by atoms with E-state index in [9.17, 15) is 4.79 Å². The quantitative estimate of drug-likeness (QED) is 0.641. The number of aromatic nitrogens is 2. The van der Waals surface area contributed by atoms with Gasteiger partial charge in [-0.1, -0.05) is 12.1 Å². The van der Waals surface area contributed by atoms with Crippen LogP contribution >= 0.6 is 11.3 Å². The molecule has 1 aliphatic heterocycles. The second-order valence-corrected chi connectivity index (χ2v) is 8.30. The molecule has 0 radical (unpaired) electrons. The molecule has 144 valence electrons. The van der Waals surface area contributed by atoms with Gasteiger partial charge < -0.3 is 9.64 Å². The van der Waals surface area contributed by atoms with Gasteiger partial charge in [0.1, 0.15) is 11.2 Å². The summed E-state index contributed by atoms with van der Waals surface area (Å²) in [6, 6.07) is 8.23. The Morgan fingerprint density at radius 2 is 1.89 bits per heavy atom. The zero-order chi connectivity index (χ0) is 18.9. The van der Waals surface area contributed by atoms with Crippen LogP contribution < -0.4 is 10.5 Å². The summed E-state index contributed by atoms with van der Waals surface area (Å²) >= 11 is 1.66. The van der Waals surface area contributed by atoms with Crippen molar-refractivity contribution in [2.24, 2.45) is 5.10 Å². The van der Waals surface area contributed by atoms with Gasteiger partial charge in [-0.2, -0.15) is 9.78 Å². The molecule has 2 aliphatic rings. The number of aryl methyl sites for hydroxylation is 2. The highest BCUT2D eigenvalue weighted by molar-refractivity contribution is 7.18. The molecule has 0 saturated carbocycles. The first kappa shape index (κ1) is 17.6. The number of rotatable bonds is 3. The van der Waals surface area contributed by atoms with Crippen molar-refractivity contribution in [1.29, 1.82) is 0 Å². The summed E-state index contributed by atoms with van der Waals surface area (Å²) in [6.07, 6.45) is 7.64. The molecule has 0 bridgehead atoms. The maximum Gasteiger partial charge on any atom is 0.282 e. The molecule has 1 aromatic carbocycles. The predicted octanol–water partition coefficient (Wildman–Crippen LogP) is 3.06. The third-order valence-corrected chi connectivity index (χ3v) is 6.66. The zero-order valence-corrected chi connectivity index (χ0v) is 16.5. The number of fused-ring (bicyclic) bond motifs is 3. The minimum absolute atomic E-state index is 0.0643. The highest BCUT2D eigenvalue weighted by Crippen LogP contribution is 2.33. The molecule has 7 heteroatoms. The third-order valence-electron chi connectivity index (χ3n) is 5.46. The van der Waals surface area contributed by atoms with Crippen molar-refractivity contribution >= 4 is 33.5 Å². The van der Waals surface area contributed by atoms with Gasteiger partial charge in [-0.05, 0) is 48.9 Å². The van der Waals surface area contributed by atoms with E-state index in [0.717, 1.165) is 61.3 Å². The molecule has 0 unspecified atom stereocenters. The van der Waals surface area contributed by atoms with Crippen molar-refractivity contribution in [1.82, 2.24) is 9.66 Å². The van der Waals surface area contributed by atoms with Crippen molar-refractivity contribution in [3.8, 4) is 0 Å². The number of ether oxygens (including phenoxy) is 1. The Morgan fingerprint density at radius 3 is 2.71 bits per heavy atom. The monoisotopic (exact) mass is 394 g/mol. The Hall–Kier alpha value is -2.51. The highest BCUT2D eigenvalue weighted by Gasteiger charge is 2.19. The lowest BCUT2D eigenvalue weighted by atomic mass is 9.97. The maximum atomic E-state index is 12.9. The Balaban J connectivity index is 1.41. The summed E-state index contributed by atoms with van der Waals surface area (Å²) in [6.45, 7) is 3.38. The van der Waals surface area contributed by atoms with Crippen molar-refractivity contribution in [3.63, 3.8) is 0 Å². The van der Waals surface area contributed by atoms with E-state index in [4.69, 9.17) is 4.74 Å². The van der Waals surface area contributed by atoms with Gasteiger partial charge in [0.15, 0.2) is 0 Å². The second kappa shape index (κ2) is 7.48. The van der Waals surface area contributed by atoms with Crippen molar-refractivity contribution in [2.45, 2.75) is 25.7 Å². The van der Waals surface area contributed by atoms with E-state index in [1.54, 1.807) is 17.6 Å². The standard InChI is InChI=1S/C21H22N4O2S/c26-21-19-17-3-1-2-4-18(17)28-20(19)22-14-25(21)23-13-15-5-7-16(8-6-15)24-9-11-27-12-10-24/h5-8,13-14H,1-4,9-12H2/b23-13-. The molecule has 0 amide bonds. The highest BCUT2D eigenvalue weighted by atomic mass is 32.1. The van der Waals surface area contributed by atoms with Crippen molar-refractivity contribution in [2.75, 3.05) is 31.2 Å². The van der Waals surface area contributed by atoms with E-state index >= 15 is 0 Å². The topological polar surface area (TPSA) is 59.7 Å². The molecule has 6 nitrogen and oxygen atoms in total. The predicted molar refractivity (Wildman–Crippen MR) is 113 cm³/mol. The number of hydrogen-bond acceptors (Lipinski definition) is 6. The third kappa shape index (κ3) is 3.25. The number of benzene rings is 1. The summed E-state index contributed by atoms with van der Waals surface area (Å²) in [4.78, 5) is 21.9. The van der Waals surface area contributed by atoms with E-state index in [0.29, 0.717) is 0 Å². The van der Waals surface area contributed by atoms with E-state index in [2.05, 4.69) is 27.1 Å². The molecule has 5 rings (SSSR count). The fourth-order valence-corrected chi connectivity index (χ4v) is 5.16. The Kier molecular flexibility index (Phi) is 4.70. The van der Waals surface area contributed by atoms with Crippen molar-refractivity contribution in [3.05, 3.63) is 57.0 Å². The van der Waals surface area contributed by atoms with Crippen LogP contribution in [0.4, 0.5) is 5.69 Å². The number of nitrogens with zero attached hydrogens (tertiary/aromatic N) is 4.